The fourth-order valence-electron chi connectivity index (χ4n) is 2.26. The van der Waals surface area contributed by atoms with Crippen LogP contribution < -0.4 is 4.74 Å². The summed E-state index contributed by atoms with van der Waals surface area (Å²) in [5.41, 5.74) is 4.94. The van der Waals surface area contributed by atoms with Crippen LogP contribution in [0.15, 0.2) is 36.4 Å². The molecule has 0 spiro atoms. The van der Waals surface area contributed by atoms with Gasteiger partial charge in [-0.25, -0.2) is 4.85 Å². The topological polar surface area (TPSA) is 13.6 Å². The summed E-state index contributed by atoms with van der Waals surface area (Å²) < 4.78 is 5.37. The highest BCUT2D eigenvalue weighted by molar-refractivity contribution is 5.80. The van der Waals surface area contributed by atoms with Gasteiger partial charge in [0.25, 0.3) is 0 Å². The van der Waals surface area contributed by atoms with E-state index in [0.717, 1.165) is 22.4 Å². The lowest BCUT2D eigenvalue weighted by molar-refractivity contribution is 0.412. The van der Waals surface area contributed by atoms with Gasteiger partial charge in [0.15, 0.2) is 5.69 Å². The highest BCUT2D eigenvalue weighted by Gasteiger charge is 2.10. The number of hydrogen-bond acceptors (Lipinski definition) is 1. The van der Waals surface area contributed by atoms with Crippen LogP contribution in [-0.2, 0) is 0 Å². The highest BCUT2D eigenvalue weighted by Crippen LogP contribution is 2.36. The first-order valence-electron chi connectivity index (χ1n) is 6.73. The molecule has 2 heteroatoms. The van der Waals surface area contributed by atoms with Crippen molar-refractivity contribution in [2.45, 2.75) is 26.7 Å². The average molecular weight is 265 g/mol. The summed E-state index contributed by atoms with van der Waals surface area (Å²) in [5.74, 6) is 1.33. The van der Waals surface area contributed by atoms with Crippen LogP contribution in [0.25, 0.3) is 16.0 Å². The highest BCUT2D eigenvalue weighted by atomic mass is 16.5. The van der Waals surface area contributed by atoms with Gasteiger partial charge in [-0.15, -0.1) is 0 Å². The molecule has 102 valence electrons. The lowest BCUT2D eigenvalue weighted by Gasteiger charge is -2.12. The van der Waals surface area contributed by atoms with E-state index < -0.39 is 0 Å². The molecular formula is C18H19NO. The van der Waals surface area contributed by atoms with Gasteiger partial charge in [0.1, 0.15) is 5.75 Å². The van der Waals surface area contributed by atoms with Crippen LogP contribution >= 0.6 is 0 Å². The second-order valence-corrected chi connectivity index (χ2v) is 5.23. The maximum atomic E-state index is 7.35. The molecule has 20 heavy (non-hydrogen) atoms. The summed E-state index contributed by atoms with van der Waals surface area (Å²) in [6, 6.07) is 12.2. The van der Waals surface area contributed by atoms with E-state index >= 15 is 0 Å². The first-order valence-corrected chi connectivity index (χ1v) is 6.73. The van der Waals surface area contributed by atoms with Crippen molar-refractivity contribution in [3.05, 3.63) is 58.9 Å². The van der Waals surface area contributed by atoms with Gasteiger partial charge in [-0.1, -0.05) is 38.1 Å². The number of benzene rings is 2. The van der Waals surface area contributed by atoms with E-state index in [1.54, 1.807) is 7.11 Å². The molecule has 0 aliphatic carbocycles. The van der Waals surface area contributed by atoms with Gasteiger partial charge in [-0.3, -0.25) is 0 Å². The summed E-state index contributed by atoms with van der Waals surface area (Å²) in [5, 5.41) is 0. The lowest BCUT2D eigenvalue weighted by Crippen LogP contribution is -1.90. The Balaban J connectivity index is 2.54. The maximum absolute atomic E-state index is 7.35. The summed E-state index contributed by atoms with van der Waals surface area (Å²) in [7, 11) is 1.66. The van der Waals surface area contributed by atoms with Crippen molar-refractivity contribution in [3.8, 4) is 16.9 Å². The summed E-state index contributed by atoms with van der Waals surface area (Å²) in [6.45, 7) is 13.7. The minimum absolute atomic E-state index is 0.511. The monoisotopic (exact) mass is 265 g/mol. The van der Waals surface area contributed by atoms with Gasteiger partial charge >= 0.3 is 0 Å². The predicted molar refractivity (Wildman–Crippen MR) is 83.5 cm³/mol. The quantitative estimate of drug-likeness (QED) is 0.682. The van der Waals surface area contributed by atoms with Crippen LogP contribution in [0, 0.1) is 13.5 Å². The van der Waals surface area contributed by atoms with E-state index in [1.165, 1.54) is 5.56 Å². The number of hydrogen-bond donors (Lipinski definition) is 0. The zero-order valence-corrected chi connectivity index (χ0v) is 12.4. The largest absolute Gasteiger partial charge is 0.497 e. The molecule has 0 saturated carbocycles. The normalized spacial score (nSPS) is 10.4. The molecule has 0 aromatic heterocycles. The van der Waals surface area contributed by atoms with Crippen LogP contribution in [-0.4, -0.2) is 7.11 Å². The Morgan fingerprint density at radius 3 is 2.25 bits per heavy atom. The van der Waals surface area contributed by atoms with E-state index in [2.05, 4.69) is 43.0 Å². The lowest BCUT2D eigenvalue weighted by atomic mass is 9.97. The van der Waals surface area contributed by atoms with Crippen LogP contribution in [0.3, 0.4) is 0 Å². The second kappa shape index (κ2) is 5.79. The Morgan fingerprint density at radius 2 is 1.75 bits per heavy atom. The van der Waals surface area contributed by atoms with Crippen molar-refractivity contribution in [2.24, 2.45) is 0 Å². The summed E-state index contributed by atoms with van der Waals surface area (Å²) in [4.78, 5) is 3.64. The fraction of sp³-hybridized carbons (Fsp3) is 0.278. The van der Waals surface area contributed by atoms with E-state index in [1.807, 2.05) is 19.1 Å². The van der Waals surface area contributed by atoms with E-state index in [4.69, 9.17) is 11.3 Å². The standard InChI is InChI=1S/C18H19NO/c1-12(2)14-6-8-15(9-7-14)16-11-18(20-5)13(3)10-17(16)19-4/h6-12H,1-3,5H3. The minimum Gasteiger partial charge on any atom is -0.497 e. The van der Waals surface area contributed by atoms with Gasteiger partial charge in [0.05, 0.1) is 13.7 Å². The molecule has 0 atom stereocenters. The molecule has 0 saturated heterocycles. The summed E-state index contributed by atoms with van der Waals surface area (Å²) >= 11 is 0. The smallest absolute Gasteiger partial charge is 0.195 e. The Morgan fingerprint density at radius 1 is 1.10 bits per heavy atom. The molecule has 0 heterocycles. The molecule has 2 rings (SSSR count). The minimum atomic E-state index is 0.511. The zero-order valence-electron chi connectivity index (χ0n) is 12.4. The van der Waals surface area contributed by atoms with Gasteiger partial charge in [0.2, 0.25) is 0 Å². The number of rotatable bonds is 3. The average Bonchev–Trinajstić information content (AvgIpc) is 2.47. The third-order valence-electron chi connectivity index (χ3n) is 3.52. The van der Waals surface area contributed by atoms with Crippen LogP contribution in [0.4, 0.5) is 5.69 Å². The Kier molecular flexibility index (Phi) is 4.10. The van der Waals surface area contributed by atoms with Crippen molar-refractivity contribution < 1.29 is 4.74 Å². The van der Waals surface area contributed by atoms with Gasteiger partial charge < -0.3 is 4.74 Å². The first kappa shape index (κ1) is 14.1. The van der Waals surface area contributed by atoms with Crippen molar-refractivity contribution in [1.29, 1.82) is 0 Å². The zero-order chi connectivity index (χ0) is 14.7. The van der Waals surface area contributed by atoms with Crippen molar-refractivity contribution in [1.82, 2.24) is 0 Å². The van der Waals surface area contributed by atoms with Gasteiger partial charge in [-0.05, 0) is 47.2 Å². The first-order chi connectivity index (χ1) is 9.56. The molecule has 0 fully saturated rings. The third kappa shape index (κ3) is 2.67. The molecule has 0 aliphatic heterocycles. The third-order valence-corrected chi connectivity index (χ3v) is 3.52. The maximum Gasteiger partial charge on any atom is 0.195 e. The molecule has 0 amide bonds. The Hall–Kier alpha value is -2.27. The van der Waals surface area contributed by atoms with Gasteiger partial charge in [0, 0.05) is 0 Å². The molecule has 0 aliphatic rings. The number of nitrogens with zero attached hydrogens (tertiary/aromatic N) is 1. The van der Waals surface area contributed by atoms with Crippen molar-refractivity contribution in [3.63, 3.8) is 0 Å². The molecule has 2 aromatic rings. The molecule has 0 radical (unpaired) electrons. The SMILES string of the molecule is [C-]#[N+]c1cc(C)c(OC)cc1-c1ccc(C(C)C)cc1. The van der Waals surface area contributed by atoms with Crippen molar-refractivity contribution >= 4 is 5.69 Å². The molecule has 2 aromatic carbocycles. The second-order valence-electron chi connectivity index (χ2n) is 5.23. The van der Waals surface area contributed by atoms with Gasteiger partial charge in [-0.2, -0.15) is 0 Å². The predicted octanol–water partition coefficient (Wildman–Crippen LogP) is 5.34. The molecular weight excluding hydrogens is 246 g/mol. The van der Waals surface area contributed by atoms with Crippen LogP contribution in [0.5, 0.6) is 5.75 Å². The van der Waals surface area contributed by atoms with Crippen LogP contribution in [0.1, 0.15) is 30.9 Å². The molecule has 0 N–H and O–H groups in total. The molecule has 2 nitrogen and oxygen atoms in total. The van der Waals surface area contributed by atoms with Crippen LogP contribution in [0.2, 0.25) is 0 Å². The Labute approximate surface area is 120 Å². The summed E-state index contributed by atoms with van der Waals surface area (Å²) in [6.07, 6.45) is 0. The van der Waals surface area contributed by atoms with E-state index in [9.17, 15) is 0 Å². The Bertz CT molecular complexity index is 648. The fourth-order valence-corrected chi connectivity index (χ4v) is 2.26. The molecule has 0 bridgehead atoms. The number of methoxy groups -OCH3 is 1. The number of aryl methyl sites for hydroxylation is 1. The molecule has 0 unspecified atom stereocenters. The van der Waals surface area contributed by atoms with Crippen molar-refractivity contribution in [2.75, 3.05) is 7.11 Å². The number of ether oxygens (including phenoxy) is 1. The van der Waals surface area contributed by atoms with E-state index in [0.29, 0.717) is 11.6 Å². The van der Waals surface area contributed by atoms with E-state index in [-0.39, 0.29) is 0 Å².